The Bertz CT molecular complexity index is 982. The summed E-state index contributed by atoms with van der Waals surface area (Å²) in [6, 6.07) is 6.72. The third kappa shape index (κ3) is 5.78. The second-order valence-corrected chi connectivity index (χ2v) is 10.2. The number of ether oxygens (including phenoxy) is 2. The second-order valence-electron chi connectivity index (χ2n) is 7.39. The summed E-state index contributed by atoms with van der Waals surface area (Å²) in [5, 5.41) is 4.45. The van der Waals surface area contributed by atoms with Crippen molar-refractivity contribution in [2.75, 3.05) is 31.6 Å². The molecular formula is C22H30N2O5S2. The molecule has 1 amide bonds. The van der Waals surface area contributed by atoms with E-state index in [1.165, 1.54) is 10.4 Å². The zero-order valence-corrected chi connectivity index (χ0v) is 19.7. The number of amides is 1. The number of hydrogen-bond donors (Lipinski definition) is 1. The topological polar surface area (TPSA) is 84.9 Å². The van der Waals surface area contributed by atoms with E-state index >= 15 is 0 Å². The number of carbonyl (C=O) groups is 1. The highest BCUT2D eigenvalue weighted by atomic mass is 32.2. The van der Waals surface area contributed by atoms with Gasteiger partial charge in [0.1, 0.15) is 9.77 Å². The Labute approximate surface area is 188 Å². The van der Waals surface area contributed by atoms with E-state index in [0.29, 0.717) is 43.5 Å². The summed E-state index contributed by atoms with van der Waals surface area (Å²) in [6.45, 7) is 6.13. The quantitative estimate of drug-likeness (QED) is 0.546. The molecule has 1 saturated heterocycles. The number of benzene rings is 1. The predicted octanol–water partition coefficient (Wildman–Crippen LogP) is 4.75. The van der Waals surface area contributed by atoms with Crippen molar-refractivity contribution in [3.05, 3.63) is 34.5 Å². The van der Waals surface area contributed by atoms with Gasteiger partial charge in [0.25, 0.3) is 5.91 Å². The van der Waals surface area contributed by atoms with E-state index < -0.39 is 15.9 Å². The van der Waals surface area contributed by atoms with E-state index in [9.17, 15) is 13.2 Å². The average molecular weight is 467 g/mol. The van der Waals surface area contributed by atoms with Crippen molar-refractivity contribution in [2.24, 2.45) is 0 Å². The summed E-state index contributed by atoms with van der Waals surface area (Å²) in [7, 11) is -3.69. The first kappa shape index (κ1) is 23.6. The molecule has 1 fully saturated rings. The van der Waals surface area contributed by atoms with Gasteiger partial charge in [-0.15, -0.1) is 11.3 Å². The first-order valence-corrected chi connectivity index (χ1v) is 13.1. The number of nitrogens with one attached hydrogen (secondary N) is 1. The number of carbonyl (C=O) groups excluding carboxylic acids is 1. The summed E-state index contributed by atoms with van der Waals surface area (Å²) >= 11 is 1.13. The molecule has 3 rings (SSSR count). The van der Waals surface area contributed by atoms with Crippen LogP contribution in [0.5, 0.6) is 11.5 Å². The van der Waals surface area contributed by atoms with Gasteiger partial charge in [-0.05, 0) is 49.3 Å². The zero-order valence-electron chi connectivity index (χ0n) is 18.1. The van der Waals surface area contributed by atoms with Crippen molar-refractivity contribution in [1.29, 1.82) is 0 Å². The molecule has 31 heavy (non-hydrogen) atoms. The van der Waals surface area contributed by atoms with E-state index in [2.05, 4.69) is 5.32 Å². The van der Waals surface area contributed by atoms with Gasteiger partial charge in [-0.2, -0.15) is 4.31 Å². The number of sulfonamides is 1. The number of nitrogens with zero attached hydrogens (tertiary/aromatic N) is 1. The smallest absolute Gasteiger partial charge is 0.267 e. The normalized spacial score (nSPS) is 14.9. The maximum atomic E-state index is 13.1. The Kier molecular flexibility index (Phi) is 8.34. The van der Waals surface area contributed by atoms with Crippen LogP contribution in [-0.2, 0) is 10.0 Å². The van der Waals surface area contributed by atoms with Crippen molar-refractivity contribution in [2.45, 2.75) is 50.8 Å². The lowest BCUT2D eigenvalue weighted by molar-refractivity contribution is 0.102. The van der Waals surface area contributed by atoms with Crippen molar-refractivity contribution in [1.82, 2.24) is 4.31 Å². The van der Waals surface area contributed by atoms with Crippen molar-refractivity contribution >= 4 is 33.0 Å². The second kappa shape index (κ2) is 11.0. The molecule has 7 nitrogen and oxygen atoms in total. The fourth-order valence-corrected chi connectivity index (χ4v) is 6.15. The fourth-order valence-electron chi connectivity index (χ4n) is 3.34. The molecule has 9 heteroatoms. The van der Waals surface area contributed by atoms with Crippen LogP contribution in [0.2, 0.25) is 0 Å². The molecule has 0 bridgehead atoms. The highest BCUT2D eigenvalue weighted by Crippen LogP contribution is 2.32. The minimum absolute atomic E-state index is 0.0715. The third-order valence-corrected chi connectivity index (χ3v) is 7.88. The van der Waals surface area contributed by atoms with Crippen molar-refractivity contribution in [3.8, 4) is 11.5 Å². The summed E-state index contributed by atoms with van der Waals surface area (Å²) < 4.78 is 39.1. The molecule has 2 heterocycles. The van der Waals surface area contributed by atoms with E-state index in [-0.39, 0.29) is 9.77 Å². The van der Waals surface area contributed by atoms with Crippen LogP contribution in [0, 0.1) is 0 Å². The van der Waals surface area contributed by atoms with Crippen LogP contribution in [-0.4, -0.2) is 44.9 Å². The number of anilines is 1. The molecule has 1 aromatic carbocycles. The van der Waals surface area contributed by atoms with Gasteiger partial charge in [0.15, 0.2) is 11.5 Å². The van der Waals surface area contributed by atoms with Gasteiger partial charge in [0.2, 0.25) is 10.0 Å². The lowest BCUT2D eigenvalue weighted by Gasteiger charge is -2.25. The van der Waals surface area contributed by atoms with Crippen LogP contribution in [0.4, 0.5) is 5.69 Å². The summed E-state index contributed by atoms with van der Waals surface area (Å²) in [5.41, 5.74) is 0.523. The van der Waals surface area contributed by atoms with Crippen LogP contribution >= 0.6 is 11.3 Å². The third-order valence-electron chi connectivity index (χ3n) is 4.89. The monoisotopic (exact) mass is 466 g/mol. The van der Waals surface area contributed by atoms with Gasteiger partial charge in [-0.1, -0.05) is 20.3 Å². The molecule has 170 valence electrons. The lowest BCUT2D eigenvalue weighted by atomic mass is 10.2. The Hall–Kier alpha value is -2.10. The maximum Gasteiger partial charge on any atom is 0.267 e. The van der Waals surface area contributed by atoms with E-state index in [1.54, 1.807) is 23.6 Å². The Morgan fingerprint density at radius 2 is 1.71 bits per heavy atom. The van der Waals surface area contributed by atoms with Crippen LogP contribution in [0.3, 0.4) is 0 Å². The van der Waals surface area contributed by atoms with Gasteiger partial charge < -0.3 is 14.8 Å². The summed E-state index contributed by atoms with van der Waals surface area (Å²) in [5.74, 6) is 0.729. The van der Waals surface area contributed by atoms with Crippen LogP contribution < -0.4 is 14.8 Å². The molecule has 1 aliphatic rings. The molecule has 1 N–H and O–H groups in total. The van der Waals surface area contributed by atoms with E-state index in [4.69, 9.17) is 9.47 Å². The molecule has 0 atom stereocenters. The number of thiophene rings is 1. The largest absolute Gasteiger partial charge is 0.490 e. The van der Waals surface area contributed by atoms with Gasteiger partial charge in [-0.3, -0.25) is 4.79 Å². The molecule has 0 aliphatic carbocycles. The number of hydrogen-bond acceptors (Lipinski definition) is 6. The standard InChI is InChI=1S/C22H30N2O5S2/c1-3-13-28-18-9-8-17(16-19(18)29-14-4-2)23-22(25)21-20(10-15-30-21)31(26,27)24-11-6-5-7-12-24/h8-10,15-16H,3-7,11-14H2,1-2H3,(H,23,25). The predicted molar refractivity (Wildman–Crippen MR) is 123 cm³/mol. The Morgan fingerprint density at radius 3 is 2.39 bits per heavy atom. The first-order chi connectivity index (χ1) is 15.0. The van der Waals surface area contributed by atoms with Gasteiger partial charge >= 0.3 is 0 Å². The van der Waals surface area contributed by atoms with Crippen molar-refractivity contribution < 1.29 is 22.7 Å². The van der Waals surface area contributed by atoms with Crippen LogP contribution in [0.15, 0.2) is 34.5 Å². The molecule has 1 aliphatic heterocycles. The van der Waals surface area contributed by atoms with Gasteiger partial charge in [0, 0.05) is 24.8 Å². The first-order valence-electron chi connectivity index (χ1n) is 10.8. The SMILES string of the molecule is CCCOc1ccc(NC(=O)c2sccc2S(=O)(=O)N2CCCCC2)cc1OCCC. The molecule has 0 spiro atoms. The minimum atomic E-state index is -3.69. The molecule has 0 radical (unpaired) electrons. The van der Waals surface area contributed by atoms with Crippen LogP contribution in [0.1, 0.15) is 55.6 Å². The van der Waals surface area contributed by atoms with Crippen LogP contribution in [0.25, 0.3) is 0 Å². The van der Waals surface area contributed by atoms with Gasteiger partial charge in [0.05, 0.1) is 13.2 Å². The molecule has 0 unspecified atom stereocenters. The highest BCUT2D eigenvalue weighted by molar-refractivity contribution is 7.89. The van der Waals surface area contributed by atoms with Gasteiger partial charge in [-0.25, -0.2) is 8.42 Å². The summed E-state index contributed by atoms with van der Waals surface area (Å²) in [4.78, 5) is 13.2. The molecule has 0 saturated carbocycles. The summed E-state index contributed by atoms with van der Waals surface area (Å²) in [6.07, 6.45) is 4.44. The lowest BCUT2D eigenvalue weighted by Crippen LogP contribution is -2.36. The zero-order chi connectivity index (χ0) is 22.3. The number of rotatable bonds is 10. The Balaban J connectivity index is 1.80. The molecule has 2 aromatic rings. The number of piperidine rings is 1. The maximum absolute atomic E-state index is 13.1. The fraction of sp³-hybridized carbons (Fsp3) is 0.500. The van der Waals surface area contributed by atoms with E-state index in [0.717, 1.165) is 43.4 Å². The molecule has 1 aromatic heterocycles. The van der Waals surface area contributed by atoms with Crippen molar-refractivity contribution in [3.63, 3.8) is 0 Å². The highest BCUT2D eigenvalue weighted by Gasteiger charge is 2.31. The molecular weight excluding hydrogens is 436 g/mol. The minimum Gasteiger partial charge on any atom is -0.490 e. The average Bonchev–Trinajstić information content (AvgIpc) is 3.29. The van der Waals surface area contributed by atoms with E-state index in [1.807, 2.05) is 13.8 Å². The Morgan fingerprint density at radius 1 is 1.03 bits per heavy atom.